The van der Waals surface area contributed by atoms with E-state index in [9.17, 15) is 27.6 Å². The maximum atomic E-state index is 13.7. The van der Waals surface area contributed by atoms with Gasteiger partial charge < -0.3 is 10.6 Å². The topological polar surface area (TPSA) is 70.1 Å². The summed E-state index contributed by atoms with van der Waals surface area (Å²) in [5, 5.41) is 9.18. The molecule has 28 heavy (non-hydrogen) atoms. The molecule has 3 atom stereocenters. The van der Waals surface area contributed by atoms with Gasteiger partial charge in [0.1, 0.15) is 12.2 Å². The number of rotatable bonds is 3. The highest BCUT2D eigenvalue weighted by molar-refractivity contribution is 5.85. The van der Waals surface area contributed by atoms with E-state index >= 15 is 0 Å². The van der Waals surface area contributed by atoms with Gasteiger partial charge in [-0.3, -0.25) is 4.79 Å². The van der Waals surface area contributed by atoms with Gasteiger partial charge in [0.05, 0.1) is 24.2 Å². The second kappa shape index (κ2) is 8.26. The lowest BCUT2D eigenvalue weighted by molar-refractivity contribution is -0.138. The minimum absolute atomic E-state index is 0. The lowest BCUT2D eigenvalue weighted by Gasteiger charge is -2.37. The fourth-order valence-electron chi connectivity index (χ4n) is 4.34. The first-order valence-corrected chi connectivity index (χ1v) is 8.96. The summed E-state index contributed by atoms with van der Waals surface area (Å²) in [6.07, 6.45) is -3.01. The lowest BCUT2D eigenvalue weighted by atomic mass is 9.72. The zero-order valence-electron chi connectivity index (χ0n) is 15.1. The summed E-state index contributed by atoms with van der Waals surface area (Å²) in [6.45, 7) is -0.173. The Bertz CT molecular complexity index is 741. The van der Waals surface area contributed by atoms with Gasteiger partial charge in [0, 0.05) is 11.8 Å². The molecule has 3 rings (SSSR count). The van der Waals surface area contributed by atoms with Crippen LogP contribution >= 0.6 is 12.4 Å². The van der Waals surface area contributed by atoms with Crippen LogP contribution in [0.2, 0.25) is 0 Å². The third-order valence-corrected chi connectivity index (χ3v) is 5.83. The molecule has 1 saturated heterocycles. The summed E-state index contributed by atoms with van der Waals surface area (Å²) in [7, 11) is 0. The maximum Gasteiger partial charge on any atom is 0.416 e. The minimum atomic E-state index is -4.44. The molecule has 0 spiro atoms. The number of amides is 1. The number of nitriles is 1. The Morgan fingerprint density at radius 1 is 1.25 bits per heavy atom. The quantitative estimate of drug-likeness (QED) is 0.759. The molecule has 154 valence electrons. The van der Waals surface area contributed by atoms with Gasteiger partial charge in [-0.1, -0.05) is 25.0 Å². The number of hydrogen-bond donors (Lipinski definition) is 1. The van der Waals surface area contributed by atoms with Gasteiger partial charge in [0.25, 0.3) is 0 Å². The average Bonchev–Trinajstić information content (AvgIpc) is 3.27. The van der Waals surface area contributed by atoms with Crippen LogP contribution in [0.5, 0.6) is 0 Å². The van der Waals surface area contributed by atoms with E-state index in [1.165, 1.54) is 17.0 Å². The van der Waals surface area contributed by atoms with E-state index in [1.807, 2.05) is 6.07 Å². The van der Waals surface area contributed by atoms with Crippen LogP contribution in [0.25, 0.3) is 0 Å². The molecule has 0 unspecified atom stereocenters. The molecule has 0 bridgehead atoms. The van der Waals surface area contributed by atoms with Crippen LogP contribution in [0.4, 0.5) is 17.6 Å². The van der Waals surface area contributed by atoms with E-state index in [-0.39, 0.29) is 25.4 Å². The van der Waals surface area contributed by atoms with Crippen molar-refractivity contribution in [2.24, 2.45) is 5.73 Å². The minimum Gasteiger partial charge on any atom is -0.322 e. The monoisotopic (exact) mass is 419 g/mol. The summed E-state index contributed by atoms with van der Waals surface area (Å²) in [5.41, 5.74) is 5.34. The number of carbonyl (C=O) groups excluding carboxylic acids is 1. The van der Waals surface area contributed by atoms with Crippen LogP contribution in [-0.2, 0) is 16.4 Å². The first kappa shape index (κ1) is 22.4. The summed E-state index contributed by atoms with van der Waals surface area (Å²) < 4.78 is 52.2. The van der Waals surface area contributed by atoms with Crippen molar-refractivity contribution in [3.8, 4) is 6.07 Å². The molecule has 2 aliphatic rings. The first-order valence-electron chi connectivity index (χ1n) is 8.96. The van der Waals surface area contributed by atoms with Crippen molar-refractivity contribution in [3.63, 3.8) is 0 Å². The summed E-state index contributed by atoms with van der Waals surface area (Å²) >= 11 is 0. The van der Waals surface area contributed by atoms with Gasteiger partial charge in [0.2, 0.25) is 5.91 Å². The Morgan fingerprint density at radius 2 is 1.82 bits per heavy atom. The lowest BCUT2D eigenvalue weighted by Crippen LogP contribution is -2.55. The Hall–Kier alpha value is -1.85. The number of likely N-dealkylation sites (tertiary alicyclic amines) is 1. The van der Waals surface area contributed by atoms with E-state index in [0.717, 1.165) is 25.0 Å². The summed E-state index contributed by atoms with van der Waals surface area (Å²) in [6, 6.07) is 4.80. The van der Waals surface area contributed by atoms with Gasteiger partial charge >= 0.3 is 6.18 Å². The van der Waals surface area contributed by atoms with Crippen LogP contribution < -0.4 is 5.73 Å². The van der Waals surface area contributed by atoms with Crippen molar-refractivity contribution >= 4 is 18.3 Å². The van der Waals surface area contributed by atoms with Gasteiger partial charge in [-0.2, -0.15) is 18.4 Å². The maximum absolute atomic E-state index is 13.7. The molecule has 1 aromatic carbocycles. The van der Waals surface area contributed by atoms with Gasteiger partial charge in [-0.15, -0.1) is 12.4 Å². The van der Waals surface area contributed by atoms with Crippen molar-refractivity contribution < 1.29 is 22.4 Å². The van der Waals surface area contributed by atoms with E-state index in [2.05, 4.69) is 0 Å². The molecule has 1 aliphatic heterocycles. The SMILES string of the molecule is Cl.N#C[C@@H]1C[C@H](F)CN1C(=O)[C@@H](N)C1(c2ccc(C(F)(F)F)cc2)CCCC1. The molecule has 2 fully saturated rings. The Kier molecular flexibility index (Phi) is 6.62. The molecule has 0 radical (unpaired) electrons. The molecular weight excluding hydrogens is 398 g/mol. The number of benzene rings is 1. The van der Waals surface area contributed by atoms with E-state index in [1.54, 1.807) is 0 Å². The number of carbonyl (C=O) groups is 1. The molecule has 4 nitrogen and oxygen atoms in total. The largest absolute Gasteiger partial charge is 0.416 e. The smallest absolute Gasteiger partial charge is 0.322 e. The van der Waals surface area contributed by atoms with Crippen molar-refractivity contribution in [1.29, 1.82) is 5.26 Å². The first-order chi connectivity index (χ1) is 12.7. The summed E-state index contributed by atoms with van der Waals surface area (Å²) in [5.74, 6) is -0.511. The Labute approximate surface area is 167 Å². The number of hydrogen-bond acceptors (Lipinski definition) is 3. The molecule has 1 aliphatic carbocycles. The van der Waals surface area contributed by atoms with Crippen molar-refractivity contribution in [1.82, 2.24) is 4.90 Å². The van der Waals surface area contributed by atoms with Crippen molar-refractivity contribution in [2.75, 3.05) is 6.54 Å². The zero-order valence-corrected chi connectivity index (χ0v) is 15.9. The van der Waals surface area contributed by atoms with Gasteiger partial charge in [-0.25, -0.2) is 4.39 Å². The molecular formula is C19H22ClF4N3O. The standard InChI is InChI=1S/C19H21F4N3O.ClH/c20-14-9-15(10-24)26(11-14)17(27)16(25)18(7-1-2-8-18)12-3-5-13(6-4-12)19(21,22)23;/h3-6,14-16H,1-2,7-9,11,25H2;1H/t14-,15-,16+;/m0./s1. The highest BCUT2D eigenvalue weighted by Gasteiger charge is 2.48. The highest BCUT2D eigenvalue weighted by Crippen LogP contribution is 2.44. The third-order valence-electron chi connectivity index (χ3n) is 5.83. The highest BCUT2D eigenvalue weighted by atomic mass is 35.5. The fourth-order valence-corrected chi connectivity index (χ4v) is 4.34. The number of alkyl halides is 4. The van der Waals surface area contributed by atoms with Crippen molar-refractivity contribution in [2.45, 2.75) is 62.0 Å². The number of nitrogens with two attached hydrogens (primary N) is 1. The Balaban J connectivity index is 0.00000280. The molecule has 1 heterocycles. The number of halogens is 5. The van der Waals surface area contributed by atoms with Crippen LogP contribution in [0, 0.1) is 11.3 Å². The van der Waals surface area contributed by atoms with Gasteiger partial charge in [0.15, 0.2) is 0 Å². The van der Waals surface area contributed by atoms with Gasteiger partial charge in [-0.05, 0) is 30.5 Å². The van der Waals surface area contributed by atoms with Crippen LogP contribution in [0.1, 0.15) is 43.2 Å². The molecule has 0 aromatic heterocycles. The Morgan fingerprint density at radius 3 is 2.32 bits per heavy atom. The van der Waals surface area contributed by atoms with Crippen molar-refractivity contribution in [3.05, 3.63) is 35.4 Å². The molecule has 1 saturated carbocycles. The normalized spacial score (nSPS) is 25.1. The second-order valence-electron chi connectivity index (χ2n) is 7.38. The van der Waals surface area contributed by atoms with E-state index in [0.29, 0.717) is 18.4 Å². The van der Waals surface area contributed by atoms with Crippen LogP contribution in [0.3, 0.4) is 0 Å². The zero-order chi connectivity index (χ0) is 19.8. The van der Waals surface area contributed by atoms with Crippen LogP contribution in [-0.4, -0.2) is 35.6 Å². The molecule has 1 amide bonds. The van der Waals surface area contributed by atoms with Crippen LogP contribution in [0.15, 0.2) is 24.3 Å². The third kappa shape index (κ3) is 3.96. The van der Waals surface area contributed by atoms with E-state index in [4.69, 9.17) is 5.73 Å². The summed E-state index contributed by atoms with van der Waals surface area (Å²) in [4.78, 5) is 14.1. The predicted octanol–water partition coefficient (Wildman–Crippen LogP) is 3.73. The molecule has 2 N–H and O–H groups in total. The predicted molar refractivity (Wildman–Crippen MR) is 97.4 cm³/mol. The molecule has 1 aromatic rings. The average molecular weight is 420 g/mol. The van der Waals surface area contributed by atoms with E-state index < -0.39 is 41.3 Å². The number of nitrogens with zero attached hydrogens (tertiary/aromatic N) is 2. The molecule has 9 heteroatoms. The second-order valence-corrected chi connectivity index (χ2v) is 7.38. The fraction of sp³-hybridized carbons (Fsp3) is 0.579.